The largest absolute Gasteiger partial charge is 0.330 e. The lowest BCUT2D eigenvalue weighted by atomic mass is 10.2. The number of hydrogen-bond donors (Lipinski definition) is 2. The van der Waals surface area contributed by atoms with Gasteiger partial charge in [0.15, 0.2) is 0 Å². The molecule has 2 amide bonds. The van der Waals surface area contributed by atoms with Gasteiger partial charge in [0.2, 0.25) is 11.8 Å². The number of nitrogens with zero attached hydrogens (tertiary/aromatic N) is 1. The molecule has 1 aliphatic heterocycles. The van der Waals surface area contributed by atoms with E-state index < -0.39 is 0 Å². The van der Waals surface area contributed by atoms with Crippen molar-refractivity contribution in [3.05, 3.63) is 0 Å². The van der Waals surface area contributed by atoms with Crippen LogP contribution in [0.5, 0.6) is 0 Å². The molecule has 0 radical (unpaired) electrons. The van der Waals surface area contributed by atoms with E-state index in [0.29, 0.717) is 13.1 Å². The minimum absolute atomic E-state index is 0.0497. The number of nitrogens with two attached hydrogens (primary N) is 1. The van der Waals surface area contributed by atoms with Crippen LogP contribution in [0.4, 0.5) is 0 Å². The first-order chi connectivity index (χ1) is 7.07. The maximum absolute atomic E-state index is 11.8. The molecule has 5 heteroatoms. The maximum atomic E-state index is 11.8. The van der Waals surface area contributed by atoms with E-state index in [2.05, 4.69) is 5.32 Å². The first-order valence-electron chi connectivity index (χ1n) is 5.37. The van der Waals surface area contributed by atoms with Gasteiger partial charge >= 0.3 is 0 Å². The van der Waals surface area contributed by atoms with Gasteiger partial charge in [0.1, 0.15) is 0 Å². The molecule has 1 unspecified atom stereocenters. The van der Waals surface area contributed by atoms with Gasteiger partial charge in [-0.15, -0.1) is 0 Å². The van der Waals surface area contributed by atoms with Crippen molar-refractivity contribution in [3.63, 3.8) is 0 Å². The Morgan fingerprint density at radius 2 is 2.20 bits per heavy atom. The first-order valence-corrected chi connectivity index (χ1v) is 5.37. The number of carbonyl (C=O) groups is 2. The molecule has 15 heavy (non-hydrogen) atoms. The molecule has 1 heterocycles. The van der Waals surface area contributed by atoms with Crippen LogP contribution in [0.2, 0.25) is 0 Å². The Kier molecular flexibility index (Phi) is 4.23. The van der Waals surface area contributed by atoms with Crippen molar-refractivity contribution in [1.82, 2.24) is 10.2 Å². The van der Waals surface area contributed by atoms with Gasteiger partial charge < -0.3 is 11.1 Å². The molecule has 1 saturated heterocycles. The number of hydrogen-bond acceptors (Lipinski definition) is 4. The van der Waals surface area contributed by atoms with Crippen LogP contribution in [-0.2, 0) is 9.59 Å². The molecule has 1 atom stereocenters. The Morgan fingerprint density at radius 3 is 2.67 bits per heavy atom. The van der Waals surface area contributed by atoms with Gasteiger partial charge in [-0.2, -0.15) is 0 Å². The first kappa shape index (κ1) is 12.1. The smallest absolute Gasteiger partial charge is 0.247 e. The van der Waals surface area contributed by atoms with E-state index in [0.717, 1.165) is 6.42 Å². The standard InChI is InChI=1S/C10H19N3O2/c1-7(2)13-9(14)6-8(10(13)15)12-5-3-4-11/h7-8,12H,3-6,11H2,1-2H3. The van der Waals surface area contributed by atoms with Crippen molar-refractivity contribution in [1.29, 1.82) is 0 Å². The molecule has 1 rings (SSSR count). The average molecular weight is 213 g/mol. The van der Waals surface area contributed by atoms with Gasteiger partial charge in [-0.25, -0.2) is 0 Å². The highest BCUT2D eigenvalue weighted by atomic mass is 16.2. The molecule has 1 aliphatic rings. The molecule has 5 nitrogen and oxygen atoms in total. The molecular weight excluding hydrogens is 194 g/mol. The van der Waals surface area contributed by atoms with E-state index in [1.165, 1.54) is 4.90 Å². The zero-order valence-electron chi connectivity index (χ0n) is 9.32. The monoisotopic (exact) mass is 213 g/mol. The predicted octanol–water partition coefficient (Wildman–Crippen LogP) is -0.539. The van der Waals surface area contributed by atoms with E-state index in [4.69, 9.17) is 5.73 Å². The van der Waals surface area contributed by atoms with Crippen molar-refractivity contribution in [3.8, 4) is 0 Å². The van der Waals surface area contributed by atoms with Gasteiger partial charge in [-0.3, -0.25) is 14.5 Å². The Bertz CT molecular complexity index is 253. The van der Waals surface area contributed by atoms with Crippen LogP contribution in [0.25, 0.3) is 0 Å². The van der Waals surface area contributed by atoms with E-state index in [9.17, 15) is 9.59 Å². The molecule has 0 spiro atoms. The summed E-state index contributed by atoms with van der Waals surface area (Å²) in [6.45, 7) is 4.97. The lowest BCUT2D eigenvalue weighted by molar-refractivity contribution is -0.140. The Balaban J connectivity index is 2.50. The SMILES string of the molecule is CC(C)N1C(=O)CC(NCCCN)C1=O. The second-order valence-corrected chi connectivity index (χ2v) is 4.05. The summed E-state index contributed by atoms with van der Waals surface area (Å²) >= 11 is 0. The minimum atomic E-state index is -0.341. The Morgan fingerprint density at radius 1 is 1.53 bits per heavy atom. The molecule has 0 saturated carbocycles. The van der Waals surface area contributed by atoms with Gasteiger partial charge in [-0.05, 0) is 33.4 Å². The van der Waals surface area contributed by atoms with Gasteiger partial charge in [0, 0.05) is 6.04 Å². The van der Waals surface area contributed by atoms with Crippen molar-refractivity contribution >= 4 is 11.8 Å². The van der Waals surface area contributed by atoms with Crippen LogP contribution in [0.15, 0.2) is 0 Å². The number of amides is 2. The van der Waals surface area contributed by atoms with Crippen molar-refractivity contribution in [2.45, 2.75) is 38.8 Å². The van der Waals surface area contributed by atoms with Crippen LogP contribution in [-0.4, -0.2) is 41.9 Å². The summed E-state index contributed by atoms with van der Waals surface area (Å²) in [7, 11) is 0. The number of nitrogens with one attached hydrogen (secondary N) is 1. The third-order valence-corrected chi connectivity index (χ3v) is 2.47. The third-order valence-electron chi connectivity index (χ3n) is 2.47. The number of likely N-dealkylation sites (tertiary alicyclic amines) is 1. The Hall–Kier alpha value is -0.940. The van der Waals surface area contributed by atoms with Crippen molar-refractivity contribution in [2.24, 2.45) is 5.73 Å². The van der Waals surface area contributed by atoms with E-state index in [-0.39, 0.29) is 30.3 Å². The molecule has 3 N–H and O–H groups in total. The van der Waals surface area contributed by atoms with Crippen molar-refractivity contribution < 1.29 is 9.59 Å². The fraction of sp³-hybridized carbons (Fsp3) is 0.800. The molecule has 1 fully saturated rings. The van der Waals surface area contributed by atoms with Gasteiger partial charge in [0.25, 0.3) is 0 Å². The second-order valence-electron chi connectivity index (χ2n) is 4.05. The highest BCUT2D eigenvalue weighted by Crippen LogP contribution is 2.15. The molecule has 86 valence electrons. The molecule has 0 bridgehead atoms. The van der Waals surface area contributed by atoms with Crippen LogP contribution < -0.4 is 11.1 Å². The number of imide groups is 1. The zero-order chi connectivity index (χ0) is 11.4. The Labute approximate surface area is 90.0 Å². The van der Waals surface area contributed by atoms with E-state index in [1.807, 2.05) is 13.8 Å². The quantitative estimate of drug-likeness (QED) is 0.475. The molecular formula is C10H19N3O2. The fourth-order valence-corrected chi connectivity index (χ4v) is 1.73. The van der Waals surface area contributed by atoms with Crippen LogP contribution in [0.3, 0.4) is 0 Å². The van der Waals surface area contributed by atoms with Crippen LogP contribution in [0, 0.1) is 0 Å². The second kappa shape index (κ2) is 5.23. The lowest BCUT2D eigenvalue weighted by Gasteiger charge is -2.19. The predicted molar refractivity (Wildman–Crippen MR) is 57.1 cm³/mol. The fourth-order valence-electron chi connectivity index (χ4n) is 1.73. The molecule has 0 aromatic carbocycles. The maximum Gasteiger partial charge on any atom is 0.247 e. The third kappa shape index (κ3) is 2.76. The normalized spacial score (nSPS) is 21.9. The van der Waals surface area contributed by atoms with E-state index in [1.54, 1.807) is 0 Å². The molecule has 0 aliphatic carbocycles. The summed E-state index contributed by atoms with van der Waals surface area (Å²) in [5, 5.41) is 3.06. The molecule has 0 aromatic heterocycles. The molecule has 0 aromatic rings. The minimum Gasteiger partial charge on any atom is -0.330 e. The van der Waals surface area contributed by atoms with Crippen molar-refractivity contribution in [2.75, 3.05) is 13.1 Å². The highest BCUT2D eigenvalue weighted by molar-refractivity contribution is 6.05. The summed E-state index contributed by atoms with van der Waals surface area (Å²) in [4.78, 5) is 24.6. The summed E-state index contributed by atoms with van der Waals surface area (Å²) in [6.07, 6.45) is 1.10. The topological polar surface area (TPSA) is 75.4 Å². The zero-order valence-corrected chi connectivity index (χ0v) is 9.32. The summed E-state index contributed by atoms with van der Waals surface area (Å²) < 4.78 is 0. The number of carbonyl (C=O) groups excluding carboxylic acids is 2. The van der Waals surface area contributed by atoms with E-state index >= 15 is 0 Å². The van der Waals surface area contributed by atoms with Crippen LogP contribution >= 0.6 is 0 Å². The highest BCUT2D eigenvalue weighted by Gasteiger charge is 2.39. The summed E-state index contributed by atoms with van der Waals surface area (Å²) in [5.41, 5.74) is 5.35. The lowest BCUT2D eigenvalue weighted by Crippen LogP contribution is -2.42. The van der Waals surface area contributed by atoms with Gasteiger partial charge in [0.05, 0.1) is 12.5 Å². The summed E-state index contributed by atoms with van der Waals surface area (Å²) in [5.74, 6) is -0.188. The average Bonchev–Trinajstić information content (AvgIpc) is 2.42. The van der Waals surface area contributed by atoms with Crippen LogP contribution in [0.1, 0.15) is 26.7 Å². The summed E-state index contributed by atoms with van der Waals surface area (Å²) in [6, 6.07) is -0.391. The number of rotatable bonds is 5. The van der Waals surface area contributed by atoms with Gasteiger partial charge in [-0.1, -0.05) is 0 Å².